The number of rotatable bonds is 17. The third-order valence-corrected chi connectivity index (χ3v) is 11.6. The first-order valence-electron chi connectivity index (χ1n) is 16.9. The number of aliphatic imine (C=N–C) groups is 2. The average Bonchev–Trinajstić information content (AvgIpc) is 3.10. The predicted octanol–water partition coefficient (Wildman–Crippen LogP) is 2.92. The van der Waals surface area contributed by atoms with Gasteiger partial charge < -0.3 is 38.9 Å². The Balaban J connectivity index is 0.000000291. The van der Waals surface area contributed by atoms with Gasteiger partial charge in [-0.05, 0) is 57.0 Å². The Morgan fingerprint density at radius 3 is 1.63 bits per heavy atom. The smallest absolute Gasteiger partial charge is 0.241 e. The lowest BCUT2D eigenvalue weighted by Crippen LogP contribution is -2.43. The van der Waals surface area contributed by atoms with Crippen molar-refractivity contribution in [2.24, 2.45) is 38.7 Å². The van der Waals surface area contributed by atoms with E-state index in [0.29, 0.717) is 51.0 Å². The van der Waals surface area contributed by atoms with Gasteiger partial charge in [0.05, 0.1) is 25.9 Å². The summed E-state index contributed by atoms with van der Waals surface area (Å²) < 4.78 is 55.9. The molecule has 2 heterocycles. The molecule has 0 amide bonds. The minimum absolute atomic E-state index is 0.109. The number of pyridine rings is 2. The van der Waals surface area contributed by atoms with Crippen LogP contribution in [0.15, 0.2) is 68.6 Å². The number of nitrogens with one attached hydrogen (secondary N) is 2. The number of nitrogens with two attached hydrogens (primary N) is 5. The van der Waals surface area contributed by atoms with Crippen LogP contribution in [0.3, 0.4) is 0 Å². The number of aliphatic hydroxyl groups excluding tert-OH is 1. The summed E-state index contributed by atoms with van der Waals surface area (Å²) in [7, 11) is -7.75. The lowest BCUT2D eigenvalue weighted by molar-refractivity contribution is -0.0639. The van der Waals surface area contributed by atoms with E-state index < -0.39 is 32.4 Å². The Hall–Kier alpha value is -3.92. The topological polar surface area (TPSA) is 313 Å². The van der Waals surface area contributed by atoms with Crippen LogP contribution in [0.25, 0.3) is 21.5 Å². The summed E-state index contributed by atoms with van der Waals surface area (Å²) in [5.74, 6) is -0.0847. The molecule has 2 atom stereocenters. The number of halogens is 2. The van der Waals surface area contributed by atoms with Crippen LogP contribution in [0, 0.1) is 0 Å². The summed E-state index contributed by atoms with van der Waals surface area (Å²) in [6.45, 7) is 4.39. The van der Waals surface area contributed by atoms with Gasteiger partial charge in [0.15, 0.2) is 29.8 Å². The lowest BCUT2D eigenvalue weighted by Gasteiger charge is -2.20. The Morgan fingerprint density at radius 1 is 0.741 bits per heavy atom. The second-order valence-electron chi connectivity index (χ2n) is 12.3. The van der Waals surface area contributed by atoms with Crippen LogP contribution in [-0.4, -0.2) is 73.9 Å². The normalized spacial score (nSPS) is 13.0. The second kappa shape index (κ2) is 20.1. The van der Waals surface area contributed by atoms with E-state index in [-0.39, 0.29) is 45.8 Å². The van der Waals surface area contributed by atoms with Gasteiger partial charge in [-0.1, -0.05) is 67.9 Å². The second-order valence-corrected chi connectivity index (χ2v) is 16.5. The summed E-state index contributed by atoms with van der Waals surface area (Å²) in [5, 5.41) is 21.6. The number of fused-ring (bicyclic) bond motifs is 2. The van der Waals surface area contributed by atoms with Crippen LogP contribution in [0.2, 0.25) is 10.0 Å². The van der Waals surface area contributed by atoms with Gasteiger partial charge in [-0.3, -0.25) is 0 Å². The number of guanidine groups is 2. The zero-order valence-electron chi connectivity index (χ0n) is 29.8. The van der Waals surface area contributed by atoms with Crippen molar-refractivity contribution in [2.75, 3.05) is 6.54 Å². The van der Waals surface area contributed by atoms with Crippen LogP contribution in [0.4, 0.5) is 11.6 Å². The highest BCUT2D eigenvalue weighted by molar-refractivity contribution is 7.89. The van der Waals surface area contributed by atoms with Crippen molar-refractivity contribution < 1.29 is 27.0 Å². The molecule has 0 saturated carbocycles. The number of nitrogens with zero attached hydrogens (tertiary/aromatic N) is 4. The van der Waals surface area contributed by atoms with Gasteiger partial charge in [0, 0.05) is 40.0 Å². The molecule has 0 spiro atoms. The molecule has 21 heteroatoms. The molecule has 4 aromatic rings. The molecule has 0 aliphatic rings. The number of aromatic nitrogens is 2. The van der Waals surface area contributed by atoms with E-state index in [2.05, 4.69) is 36.3 Å². The number of hydrogen-bond acceptors (Lipinski definition) is 11. The van der Waals surface area contributed by atoms with Crippen LogP contribution >= 0.6 is 23.2 Å². The molecule has 0 aliphatic heterocycles. The number of hydrogen-bond donors (Lipinski definition) is 9. The summed E-state index contributed by atoms with van der Waals surface area (Å²) >= 11 is 12.3. The minimum Gasteiger partial charge on any atom is -0.370 e. The molecule has 0 bridgehead atoms. The molecule has 0 unspecified atom stereocenters. The Bertz CT molecular complexity index is 2180. The first-order valence-corrected chi connectivity index (χ1v) is 20.6. The van der Waals surface area contributed by atoms with Crippen LogP contribution in [0.5, 0.6) is 0 Å². The molecule has 4 rings (SSSR count). The van der Waals surface area contributed by atoms with E-state index in [1.54, 1.807) is 6.07 Å². The van der Waals surface area contributed by atoms with Gasteiger partial charge in [0.25, 0.3) is 0 Å². The summed E-state index contributed by atoms with van der Waals surface area (Å²) in [4.78, 5) is 15.9. The molecule has 2 aromatic carbocycles. The van der Waals surface area contributed by atoms with Crippen molar-refractivity contribution in [3.8, 4) is 0 Å². The SMILES string of the molecule is CCCCC[C@H](C)NS(=O)(=O)c1ccc2c(Cl)cnc(N=C(N)N)c2c1.NCCCC[C@@H](NS(=O)(=O)c1ccc2c(Cl)cnc(N=C(N)N)c2c1)C(O)O. The standard InChI is InChI=1S/C17H24ClN5O2S.C16H23ClN6O4S/c1-3-4-5-6-11(2)23-26(24,25)12-7-8-13-14(9-12)16(22-17(19)20)21-10-15(13)18;17-12-8-21-14(22-16(19)20)11-7-9(4-5-10(11)12)28(26,27)23-13(15(24)25)3-1-2-6-18/h7-11,23H,3-6H2,1-2H3,(H4,19,20,21,22);4-5,7-8,13,15,23-25H,1-3,6,18H2,(H4,19,20,21,22)/t11-;13-/m01/s1. The number of unbranched alkanes of at least 4 members (excludes halogenated alkanes) is 3. The molecule has 0 fully saturated rings. The van der Waals surface area contributed by atoms with Gasteiger partial charge in [-0.25, -0.2) is 36.2 Å². The molecule has 0 saturated heterocycles. The third kappa shape index (κ3) is 12.6. The first-order chi connectivity index (χ1) is 25.4. The summed E-state index contributed by atoms with van der Waals surface area (Å²) in [5.41, 5.74) is 27.1. The number of benzene rings is 2. The van der Waals surface area contributed by atoms with E-state index in [1.807, 2.05) is 6.92 Å². The van der Waals surface area contributed by atoms with Gasteiger partial charge in [0.1, 0.15) is 0 Å². The largest absolute Gasteiger partial charge is 0.370 e. The molecule has 17 nitrogen and oxygen atoms in total. The molecular formula is C33H47Cl2N11O6S2. The van der Waals surface area contributed by atoms with E-state index in [1.165, 1.54) is 42.7 Å². The quantitative estimate of drug-likeness (QED) is 0.0320. The first kappa shape index (κ1) is 44.5. The maximum Gasteiger partial charge on any atom is 0.241 e. The van der Waals surface area contributed by atoms with Crippen molar-refractivity contribution in [1.29, 1.82) is 0 Å². The predicted molar refractivity (Wildman–Crippen MR) is 214 cm³/mol. The maximum absolute atomic E-state index is 12.7. The molecule has 296 valence electrons. The van der Waals surface area contributed by atoms with Gasteiger partial charge >= 0.3 is 0 Å². The lowest BCUT2D eigenvalue weighted by atomic mass is 10.1. The number of aliphatic hydroxyl groups is 2. The molecule has 2 aromatic heterocycles. The zero-order valence-corrected chi connectivity index (χ0v) is 32.9. The van der Waals surface area contributed by atoms with E-state index in [9.17, 15) is 27.0 Å². The fourth-order valence-corrected chi connectivity index (χ4v) is 8.27. The highest BCUT2D eigenvalue weighted by atomic mass is 35.5. The summed E-state index contributed by atoms with van der Waals surface area (Å²) in [6, 6.07) is 7.54. The van der Waals surface area contributed by atoms with Crippen molar-refractivity contribution in [2.45, 2.75) is 87.0 Å². The van der Waals surface area contributed by atoms with Crippen molar-refractivity contribution >= 4 is 88.3 Å². The van der Waals surface area contributed by atoms with E-state index in [0.717, 1.165) is 25.7 Å². The number of sulfonamides is 2. The maximum atomic E-state index is 12.7. The molecule has 54 heavy (non-hydrogen) atoms. The van der Waals surface area contributed by atoms with Gasteiger partial charge in [0.2, 0.25) is 20.0 Å². The van der Waals surface area contributed by atoms with Crippen LogP contribution in [0.1, 0.15) is 58.8 Å². The molecule has 0 aliphatic carbocycles. The van der Waals surface area contributed by atoms with Crippen molar-refractivity contribution in [1.82, 2.24) is 19.4 Å². The molecule has 0 radical (unpaired) electrons. The molecule has 14 N–H and O–H groups in total. The average molecular weight is 829 g/mol. The third-order valence-electron chi connectivity index (χ3n) is 7.90. The minimum atomic E-state index is -4.07. The highest BCUT2D eigenvalue weighted by Gasteiger charge is 2.25. The van der Waals surface area contributed by atoms with Crippen molar-refractivity contribution in [3.63, 3.8) is 0 Å². The van der Waals surface area contributed by atoms with E-state index >= 15 is 0 Å². The fourth-order valence-electron chi connectivity index (χ4n) is 5.24. The Labute approximate surface area is 324 Å². The fraction of sp³-hybridized carbons (Fsp3) is 0.394. The summed E-state index contributed by atoms with van der Waals surface area (Å²) in [6.07, 6.45) is 6.23. The monoisotopic (exact) mass is 827 g/mol. The highest BCUT2D eigenvalue weighted by Crippen LogP contribution is 2.33. The zero-order chi connectivity index (χ0) is 40.2. The van der Waals surface area contributed by atoms with Crippen molar-refractivity contribution in [3.05, 3.63) is 58.8 Å². The van der Waals surface area contributed by atoms with Gasteiger partial charge in [-0.15, -0.1) is 0 Å². The Kier molecular flexibility index (Phi) is 16.6. The van der Waals surface area contributed by atoms with E-state index in [4.69, 9.17) is 51.9 Å². The van der Waals surface area contributed by atoms with Gasteiger partial charge in [-0.2, -0.15) is 9.98 Å². The Morgan fingerprint density at radius 2 is 1.20 bits per heavy atom. The van der Waals surface area contributed by atoms with Crippen LogP contribution in [-0.2, 0) is 20.0 Å². The molecular weight excluding hydrogens is 781 g/mol. The van der Waals surface area contributed by atoms with Crippen LogP contribution < -0.4 is 38.1 Å².